The number of nitrogens with one attached hydrogen (secondary N) is 1. The van der Waals surface area contributed by atoms with Gasteiger partial charge in [-0.2, -0.15) is 0 Å². The molecule has 1 aliphatic heterocycles. The zero-order valence-electron chi connectivity index (χ0n) is 16.1. The first kappa shape index (κ1) is 19.3. The molecule has 2 aliphatic rings. The highest BCUT2D eigenvalue weighted by Gasteiger charge is 2.27. The Balaban J connectivity index is 1.64. The van der Waals surface area contributed by atoms with E-state index in [1.807, 2.05) is 0 Å². The third kappa shape index (κ3) is 4.46. The normalized spacial score (nSPS) is 22.5. The smallest absolute Gasteiger partial charge is 0.339 e. The minimum absolute atomic E-state index is 0.141. The molecule has 7 nitrogen and oxygen atoms in total. The summed E-state index contributed by atoms with van der Waals surface area (Å²) in [5, 5.41) is 3.01. The number of carbonyl (C=O) groups is 2. The van der Waals surface area contributed by atoms with Gasteiger partial charge in [0.15, 0.2) is 17.6 Å². The van der Waals surface area contributed by atoms with Crippen molar-refractivity contribution in [2.75, 3.05) is 20.3 Å². The second-order valence-corrected chi connectivity index (χ2v) is 7.13. The van der Waals surface area contributed by atoms with Crippen LogP contribution < -0.4 is 19.5 Å². The van der Waals surface area contributed by atoms with Gasteiger partial charge in [0.1, 0.15) is 13.2 Å². The van der Waals surface area contributed by atoms with Gasteiger partial charge in [0.25, 0.3) is 5.91 Å². The van der Waals surface area contributed by atoms with Crippen LogP contribution in [0.3, 0.4) is 0 Å². The van der Waals surface area contributed by atoms with Crippen molar-refractivity contribution in [2.45, 2.75) is 51.7 Å². The highest BCUT2D eigenvalue weighted by Crippen LogP contribution is 2.40. The van der Waals surface area contributed by atoms with E-state index in [9.17, 15) is 9.59 Å². The minimum Gasteiger partial charge on any atom is -0.493 e. The number of carbonyl (C=O) groups excluding carboxylic acids is 2. The summed E-state index contributed by atoms with van der Waals surface area (Å²) in [4.78, 5) is 24.9. The number of hydrogen-bond acceptors (Lipinski definition) is 6. The van der Waals surface area contributed by atoms with Crippen molar-refractivity contribution in [3.63, 3.8) is 0 Å². The van der Waals surface area contributed by atoms with Crippen LogP contribution in [0.5, 0.6) is 17.2 Å². The first-order chi connectivity index (χ1) is 13.0. The van der Waals surface area contributed by atoms with E-state index in [1.165, 1.54) is 19.6 Å². The van der Waals surface area contributed by atoms with Crippen LogP contribution in [0.4, 0.5) is 0 Å². The van der Waals surface area contributed by atoms with Crippen molar-refractivity contribution in [2.24, 2.45) is 5.92 Å². The maximum Gasteiger partial charge on any atom is 0.339 e. The maximum atomic E-state index is 12.5. The summed E-state index contributed by atoms with van der Waals surface area (Å²) in [6.45, 7) is 4.54. The topological polar surface area (TPSA) is 83.1 Å². The van der Waals surface area contributed by atoms with Crippen molar-refractivity contribution in [1.82, 2.24) is 5.32 Å². The first-order valence-electron chi connectivity index (χ1n) is 9.48. The number of rotatable bonds is 5. The van der Waals surface area contributed by atoms with E-state index in [0.29, 0.717) is 36.4 Å². The molecule has 7 heteroatoms. The molecule has 1 aromatic rings. The summed E-state index contributed by atoms with van der Waals surface area (Å²) in [6, 6.07) is 3.22. The van der Waals surface area contributed by atoms with Gasteiger partial charge in [0.05, 0.1) is 12.7 Å². The van der Waals surface area contributed by atoms with Gasteiger partial charge in [-0.15, -0.1) is 0 Å². The van der Waals surface area contributed by atoms with Gasteiger partial charge >= 0.3 is 5.97 Å². The second-order valence-electron chi connectivity index (χ2n) is 7.13. The van der Waals surface area contributed by atoms with Crippen molar-refractivity contribution in [3.05, 3.63) is 17.7 Å². The number of amides is 1. The van der Waals surface area contributed by atoms with E-state index >= 15 is 0 Å². The molecule has 0 spiro atoms. The van der Waals surface area contributed by atoms with Gasteiger partial charge < -0.3 is 24.3 Å². The van der Waals surface area contributed by atoms with E-state index in [2.05, 4.69) is 12.2 Å². The summed E-state index contributed by atoms with van der Waals surface area (Å²) in [5.41, 5.74) is 0.252. The molecule has 1 heterocycles. The standard InChI is InChI=1S/C20H27NO6/c1-12-6-4-5-7-15(12)21-19(22)13(2)27-20(23)14-10-16(24-3)18-17(11-14)25-8-9-26-18/h10-13,15H,4-9H2,1-3H3,(H,21,22)/t12-,13+,15-/m0/s1. The van der Waals surface area contributed by atoms with E-state index in [0.717, 1.165) is 19.3 Å². The zero-order valence-corrected chi connectivity index (χ0v) is 16.1. The first-order valence-corrected chi connectivity index (χ1v) is 9.48. The summed E-state index contributed by atoms with van der Waals surface area (Å²) < 4.78 is 21.7. The molecule has 0 radical (unpaired) electrons. The molecule has 0 saturated heterocycles. The molecule has 27 heavy (non-hydrogen) atoms. The van der Waals surface area contributed by atoms with Gasteiger partial charge in [-0.25, -0.2) is 4.79 Å². The molecule has 3 atom stereocenters. The second kappa shape index (κ2) is 8.50. The van der Waals surface area contributed by atoms with Crippen LogP contribution >= 0.6 is 0 Å². The Morgan fingerprint density at radius 1 is 1.19 bits per heavy atom. The summed E-state index contributed by atoms with van der Waals surface area (Å²) in [5.74, 6) is 0.856. The number of hydrogen-bond donors (Lipinski definition) is 1. The van der Waals surface area contributed by atoms with Gasteiger partial charge in [-0.05, 0) is 37.8 Å². The SMILES string of the molecule is COc1cc(C(=O)O[C@H](C)C(=O)N[C@H]2CCCC[C@@H]2C)cc2c1OCCO2. The van der Waals surface area contributed by atoms with Crippen LogP contribution in [-0.4, -0.2) is 44.3 Å². The lowest BCUT2D eigenvalue weighted by Gasteiger charge is -2.30. The molecule has 0 bridgehead atoms. The van der Waals surface area contributed by atoms with Gasteiger partial charge in [0, 0.05) is 6.04 Å². The van der Waals surface area contributed by atoms with Crippen LogP contribution in [-0.2, 0) is 9.53 Å². The fourth-order valence-electron chi connectivity index (χ4n) is 3.50. The van der Waals surface area contributed by atoms with Crippen LogP contribution in [0.2, 0.25) is 0 Å². The van der Waals surface area contributed by atoms with Crippen LogP contribution in [0, 0.1) is 5.92 Å². The number of fused-ring (bicyclic) bond motifs is 1. The molecule has 1 aromatic carbocycles. The molecule has 0 unspecified atom stereocenters. The van der Waals surface area contributed by atoms with E-state index in [-0.39, 0.29) is 17.5 Å². The largest absolute Gasteiger partial charge is 0.493 e. The Morgan fingerprint density at radius 3 is 2.67 bits per heavy atom. The maximum absolute atomic E-state index is 12.5. The Kier molecular flexibility index (Phi) is 6.08. The third-order valence-electron chi connectivity index (χ3n) is 5.16. The Morgan fingerprint density at radius 2 is 1.93 bits per heavy atom. The zero-order chi connectivity index (χ0) is 19.4. The van der Waals surface area contributed by atoms with E-state index in [4.69, 9.17) is 18.9 Å². The molecule has 148 valence electrons. The predicted octanol–water partition coefficient (Wildman–Crippen LogP) is 2.71. The van der Waals surface area contributed by atoms with Crippen molar-refractivity contribution in [1.29, 1.82) is 0 Å². The van der Waals surface area contributed by atoms with Crippen LogP contribution in [0.25, 0.3) is 0 Å². The molecular formula is C20H27NO6. The quantitative estimate of drug-likeness (QED) is 0.795. The average Bonchev–Trinajstić information content (AvgIpc) is 2.68. The molecule has 1 N–H and O–H groups in total. The fourth-order valence-corrected chi connectivity index (χ4v) is 3.50. The highest BCUT2D eigenvalue weighted by atomic mass is 16.6. The molecular weight excluding hydrogens is 350 g/mol. The lowest BCUT2D eigenvalue weighted by atomic mass is 9.86. The number of ether oxygens (including phenoxy) is 4. The summed E-state index contributed by atoms with van der Waals surface area (Å²) >= 11 is 0. The molecule has 1 amide bonds. The minimum atomic E-state index is -0.883. The molecule has 3 rings (SSSR count). The molecule has 0 aromatic heterocycles. The lowest BCUT2D eigenvalue weighted by Crippen LogP contribution is -2.46. The summed E-state index contributed by atoms with van der Waals surface area (Å²) in [7, 11) is 1.49. The predicted molar refractivity (Wildman–Crippen MR) is 98.4 cm³/mol. The molecule has 1 fully saturated rings. The van der Waals surface area contributed by atoms with E-state index < -0.39 is 12.1 Å². The van der Waals surface area contributed by atoms with E-state index in [1.54, 1.807) is 13.0 Å². The third-order valence-corrected chi connectivity index (χ3v) is 5.16. The molecule has 1 saturated carbocycles. The number of benzene rings is 1. The number of esters is 1. The van der Waals surface area contributed by atoms with Crippen molar-refractivity contribution in [3.8, 4) is 17.2 Å². The monoisotopic (exact) mass is 377 g/mol. The lowest BCUT2D eigenvalue weighted by molar-refractivity contribution is -0.130. The van der Waals surface area contributed by atoms with Crippen molar-refractivity contribution < 1.29 is 28.5 Å². The van der Waals surface area contributed by atoms with Gasteiger partial charge in [-0.3, -0.25) is 4.79 Å². The summed E-state index contributed by atoms with van der Waals surface area (Å²) in [6.07, 6.45) is 3.50. The van der Waals surface area contributed by atoms with Crippen LogP contribution in [0.1, 0.15) is 49.9 Å². The average molecular weight is 377 g/mol. The number of methoxy groups -OCH3 is 1. The Labute approximate surface area is 159 Å². The Hall–Kier alpha value is -2.44. The fraction of sp³-hybridized carbons (Fsp3) is 0.600. The van der Waals surface area contributed by atoms with Gasteiger partial charge in [0.2, 0.25) is 5.75 Å². The van der Waals surface area contributed by atoms with Crippen LogP contribution in [0.15, 0.2) is 12.1 Å². The molecule has 1 aliphatic carbocycles. The van der Waals surface area contributed by atoms with Gasteiger partial charge in [-0.1, -0.05) is 19.8 Å². The van der Waals surface area contributed by atoms with Crippen molar-refractivity contribution >= 4 is 11.9 Å². The Bertz CT molecular complexity index is 687. The highest BCUT2D eigenvalue weighted by molar-refractivity contribution is 5.93.